The van der Waals surface area contributed by atoms with Gasteiger partial charge in [0.1, 0.15) is 5.69 Å². The van der Waals surface area contributed by atoms with E-state index in [1.807, 2.05) is 24.3 Å². The van der Waals surface area contributed by atoms with Gasteiger partial charge in [0.25, 0.3) is 5.89 Å². The van der Waals surface area contributed by atoms with Crippen LogP contribution in [0.3, 0.4) is 0 Å². The number of rotatable bonds is 2. The van der Waals surface area contributed by atoms with E-state index in [0.717, 1.165) is 17.6 Å². The van der Waals surface area contributed by atoms with E-state index in [4.69, 9.17) is 9.26 Å². The van der Waals surface area contributed by atoms with E-state index in [-0.39, 0.29) is 6.04 Å². The number of morpholine rings is 1. The van der Waals surface area contributed by atoms with Crippen molar-refractivity contribution < 1.29 is 9.26 Å². The third-order valence-corrected chi connectivity index (χ3v) is 3.34. The fourth-order valence-corrected chi connectivity index (χ4v) is 2.27. The maximum Gasteiger partial charge on any atom is 0.278 e. The number of aromatic nitrogens is 4. The molecule has 1 saturated heterocycles. The second-order valence-electron chi connectivity index (χ2n) is 4.78. The summed E-state index contributed by atoms with van der Waals surface area (Å²) in [7, 11) is 0. The quantitative estimate of drug-likeness (QED) is 0.759. The van der Waals surface area contributed by atoms with Gasteiger partial charge in [0.15, 0.2) is 5.82 Å². The molecular formula is C14H13N5O2. The van der Waals surface area contributed by atoms with Gasteiger partial charge in [0.05, 0.1) is 36.5 Å². The van der Waals surface area contributed by atoms with Crippen LogP contribution in [0.2, 0.25) is 0 Å². The first-order valence-corrected chi connectivity index (χ1v) is 6.77. The van der Waals surface area contributed by atoms with E-state index in [0.29, 0.717) is 30.6 Å². The van der Waals surface area contributed by atoms with Crippen LogP contribution in [0.5, 0.6) is 0 Å². The van der Waals surface area contributed by atoms with Crippen molar-refractivity contribution >= 4 is 11.0 Å². The van der Waals surface area contributed by atoms with Crippen LogP contribution in [0.1, 0.15) is 11.9 Å². The van der Waals surface area contributed by atoms with Crippen molar-refractivity contribution in [3.05, 3.63) is 36.3 Å². The Morgan fingerprint density at radius 1 is 1.14 bits per heavy atom. The van der Waals surface area contributed by atoms with Gasteiger partial charge in [-0.3, -0.25) is 4.98 Å². The molecule has 1 fully saturated rings. The number of nitrogens with zero attached hydrogens (tertiary/aromatic N) is 4. The molecule has 0 bridgehead atoms. The molecule has 1 aromatic carbocycles. The lowest BCUT2D eigenvalue weighted by atomic mass is 10.2. The van der Waals surface area contributed by atoms with Gasteiger partial charge < -0.3 is 14.6 Å². The first-order chi connectivity index (χ1) is 10.4. The second-order valence-corrected chi connectivity index (χ2v) is 4.78. The molecule has 0 saturated carbocycles. The van der Waals surface area contributed by atoms with E-state index in [1.165, 1.54) is 0 Å². The first-order valence-electron chi connectivity index (χ1n) is 6.77. The van der Waals surface area contributed by atoms with E-state index in [9.17, 15) is 0 Å². The summed E-state index contributed by atoms with van der Waals surface area (Å²) in [4.78, 5) is 13.2. The largest absolute Gasteiger partial charge is 0.378 e. The lowest BCUT2D eigenvalue weighted by Crippen LogP contribution is -2.35. The molecule has 0 radical (unpaired) electrons. The van der Waals surface area contributed by atoms with Gasteiger partial charge in [0.2, 0.25) is 0 Å². The summed E-state index contributed by atoms with van der Waals surface area (Å²) in [6.07, 6.45) is 1.64. The summed E-state index contributed by atoms with van der Waals surface area (Å²) in [5, 5.41) is 7.28. The molecule has 7 heteroatoms. The van der Waals surface area contributed by atoms with Crippen LogP contribution in [-0.2, 0) is 4.74 Å². The topological polar surface area (TPSA) is 86.0 Å². The molecule has 0 spiro atoms. The van der Waals surface area contributed by atoms with Crippen LogP contribution in [0.4, 0.5) is 0 Å². The molecule has 21 heavy (non-hydrogen) atoms. The average Bonchev–Trinajstić information content (AvgIpc) is 3.05. The van der Waals surface area contributed by atoms with Crippen molar-refractivity contribution in [3.63, 3.8) is 0 Å². The number of para-hydroxylation sites is 2. The maximum atomic E-state index is 5.40. The molecule has 0 amide bonds. The Bertz CT molecular complexity index is 767. The Morgan fingerprint density at radius 3 is 2.90 bits per heavy atom. The van der Waals surface area contributed by atoms with Crippen LogP contribution in [0.25, 0.3) is 22.6 Å². The Kier molecular flexibility index (Phi) is 3.06. The molecule has 2 aromatic heterocycles. The van der Waals surface area contributed by atoms with Crippen LogP contribution >= 0.6 is 0 Å². The molecule has 1 aliphatic heterocycles. The highest BCUT2D eigenvalue weighted by atomic mass is 16.5. The van der Waals surface area contributed by atoms with Gasteiger partial charge in [-0.1, -0.05) is 17.3 Å². The molecule has 1 aliphatic rings. The first kappa shape index (κ1) is 12.4. The lowest BCUT2D eigenvalue weighted by Gasteiger charge is -2.20. The van der Waals surface area contributed by atoms with Crippen molar-refractivity contribution in [3.8, 4) is 11.6 Å². The zero-order valence-electron chi connectivity index (χ0n) is 11.2. The SMILES string of the molecule is c1ccc2nc(-c3nc(C4COCCN4)no3)cnc2c1. The van der Waals surface area contributed by atoms with E-state index in [1.54, 1.807) is 6.20 Å². The highest BCUT2D eigenvalue weighted by Crippen LogP contribution is 2.20. The van der Waals surface area contributed by atoms with Gasteiger partial charge >= 0.3 is 0 Å². The van der Waals surface area contributed by atoms with Crippen molar-refractivity contribution in [2.45, 2.75) is 6.04 Å². The highest BCUT2D eigenvalue weighted by molar-refractivity contribution is 5.75. The van der Waals surface area contributed by atoms with Gasteiger partial charge in [-0.05, 0) is 12.1 Å². The van der Waals surface area contributed by atoms with Crippen molar-refractivity contribution in [2.75, 3.05) is 19.8 Å². The highest BCUT2D eigenvalue weighted by Gasteiger charge is 2.22. The molecule has 106 valence electrons. The molecule has 0 aliphatic carbocycles. The number of nitrogens with one attached hydrogen (secondary N) is 1. The summed E-state index contributed by atoms with van der Waals surface area (Å²) >= 11 is 0. The number of hydrogen-bond donors (Lipinski definition) is 1. The Balaban J connectivity index is 1.67. The molecular weight excluding hydrogens is 270 g/mol. The minimum Gasteiger partial charge on any atom is -0.378 e. The third-order valence-electron chi connectivity index (χ3n) is 3.34. The predicted octanol–water partition coefficient (Wildman–Crippen LogP) is 1.34. The molecule has 3 heterocycles. The van der Waals surface area contributed by atoms with E-state index in [2.05, 4.69) is 25.4 Å². The fourth-order valence-electron chi connectivity index (χ4n) is 2.27. The van der Waals surface area contributed by atoms with Crippen LogP contribution in [-0.4, -0.2) is 39.9 Å². The fraction of sp³-hybridized carbons (Fsp3) is 0.286. The standard InChI is InChI=1S/C14H13N5O2/c1-2-4-10-9(3-1)16-7-11(17-10)14-18-13(19-21-14)12-8-20-6-5-15-12/h1-4,7,12,15H,5-6,8H2. The monoisotopic (exact) mass is 283 g/mol. The molecule has 1 atom stereocenters. The number of hydrogen-bond acceptors (Lipinski definition) is 7. The van der Waals surface area contributed by atoms with Crippen molar-refractivity contribution in [2.24, 2.45) is 0 Å². The van der Waals surface area contributed by atoms with Crippen LogP contribution in [0, 0.1) is 0 Å². The zero-order chi connectivity index (χ0) is 14.1. The molecule has 1 unspecified atom stereocenters. The number of benzene rings is 1. The minimum atomic E-state index is -0.0373. The normalized spacial score (nSPS) is 19.0. The van der Waals surface area contributed by atoms with E-state index >= 15 is 0 Å². The second kappa shape index (κ2) is 5.19. The van der Waals surface area contributed by atoms with Crippen LogP contribution in [0.15, 0.2) is 35.0 Å². The number of fused-ring (bicyclic) bond motifs is 1. The smallest absolute Gasteiger partial charge is 0.278 e. The summed E-state index contributed by atoms with van der Waals surface area (Å²) in [5.41, 5.74) is 2.21. The molecule has 7 nitrogen and oxygen atoms in total. The Labute approximate surface area is 120 Å². The van der Waals surface area contributed by atoms with E-state index < -0.39 is 0 Å². The molecule has 1 N–H and O–H groups in total. The Hall–Kier alpha value is -2.38. The summed E-state index contributed by atoms with van der Waals surface area (Å²) in [6.45, 7) is 2.03. The number of ether oxygens (including phenoxy) is 1. The third kappa shape index (κ3) is 2.37. The van der Waals surface area contributed by atoms with Crippen LogP contribution < -0.4 is 5.32 Å². The zero-order valence-corrected chi connectivity index (χ0v) is 11.2. The summed E-state index contributed by atoms with van der Waals surface area (Å²) in [5.74, 6) is 0.954. The average molecular weight is 283 g/mol. The Morgan fingerprint density at radius 2 is 2.05 bits per heavy atom. The van der Waals surface area contributed by atoms with Gasteiger partial charge in [-0.15, -0.1) is 0 Å². The summed E-state index contributed by atoms with van der Waals surface area (Å²) in [6, 6.07) is 7.62. The van der Waals surface area contributed by atoms with Gasteiger partial charge in [-0.2, -0.15) is 4.98 Å². The molecule has 4 rings (SSSR count). The van der Waals surface area contributed by atoms with Crippen molar-refractivity contribution in [1.29, 1.82) is 0 Å². The molecule has 3 aromatic rings. The minimum absolute atomic E-state index is 0.0373. The van der Waals surface area contributed by atoms with Gasteiger partial charge in [0, 0.05) is 6.54 Å². The lowest BCUT2D eigenvalue weighted by molar-refractivity contribution is 0.0734. The van der Waals surface area contributed by atoms with Crippen molar-refractivity contribution in [1.82, 2.24) is 25.4 Å². The summed E-state index contributed by atoms with van der Waals surface area (Å²) < 4.78 is 10.7. The van der Waals surface area contributed by atoms with Gasteiger partial charge in [-0.25, -0.2) is 4.98 Å². The predicted molar refractivity (Wildman–Crippen MR) is 74.4 cm³/mol. The maximum absolute atomic E-state index is 5.40.